The molecule has 0 radical (unpaired) electrons. The summed E-state index contributed by atoms with van der Waals surface area (Å²) in [6, 6.07) is 26.6. The van der Waals surface area contributed by atoms with Crippen LogP contribution in [0.1, 0.15) is 37.0 Å². The number of benzene rings is 3. The number of hydrogen-bond acceptors (Lipinski definition) is 8. The Hall–Kier alpha value is -5.34. The number of carbonyl (C=O) groups excluding carboxylic acids is 4. The molecule has 0 amide bonds. The highest BCUT2D eigenvalue weighted by atomic mass is 16.1. The Labute approximate surface area is 230 Å². The summed E-state index contributed by atoms with van der Waals surface area (Å²) in [5.41, 5.74) is 2.58. The third-order valence-electron chi connectivity index (χ3n) is 6.97. The molecule has 0 aliphatic heterocycles. The Bertz CT molecular complexity index is 1630. The quantitative estimate of drug-likeness (QED) is 0.153. The van der Waals surface area contributed by atoms with Gasteiger partial charge in [0.2, 0.25) is 24.3 Å². The van der Waals surface area contributed by atoms with Crippen LogP contribution in [0.4, 0.5) is 5.69 Å². The van der Waals surface area contributed by atoms with Crippen LogP contribution in [-0.4, -0.2) is 35.5 Å². The molecule has 196 valence electrons. The van der Waals surface area contributed by atoms with Crippen LogP contribution in [-0.2, 0) is 19.2 Å². The molecule has 0 aromatic heterocycles. The molecule has 0 fully saturated rings. The zero-order chi connectivity index (χ0) is 28.6. The second-order valence-electron chi connectivity index (χ2n) is 9.61. The molecule has 8 heteroatoms. The van der Waals surface area contributed by atoms with E-state index in [1.807, 2.05) is 79.7 Å². The van der Waals surface area contributed by atoms with E-state index in [0.29, 0.717) is 11.3 Å². The Balaban J connectivity index is 2.17. The number of isocyanates is 4. The predicted octanol–water partition coefficient (Wildman–Crippen LogP) is 6.04. The van der Waals surface area contributed by atoms with E-state index >= 15 is 0 Å². The van der Waals surface area contributed by atoms with Crippen molar-refractivity contribution in [2.75, 3.05) is 0 Å². The Morgan fingerprint density at radius 2 is 1.23 bits per heavy atom. The topological polar surface area (TPSA) is 118 Å². The zero-order valence-electron chi connectivity index (χ0n) is 21.9. The normalized spacial score (nSPS) is 22.1. The van der Waals surface area contributed by atoms with E-state index in [1.54, 1.807) is 37.3 Å². The van der Waals surface area contributed by atoms with Crippen LogP contribution in [0.3, 0.4) is 0 Å². The summed E-state index contributed by atoms with van der Waals surface area (Å²) in [6.07, 6.45) is 7.80. The average molecular weight is 529 g/mol. The van der Waals surface area contributed by atoms with Gasteiger partial charge in [-0.25, -0.2) is 19.2 Å². The van der Waals surface area contributed by atoms with Gasteiger partial charge in [0.1, 0.15) is 0 Å². The minimum Gasteiger partial charge on any atom is -0.211 e. The molecule has 0 heterocycles. The van der Waals surface area contributed by atoms with Gasteiger partial charge in [-0.15, -0.1) is 0 Å². The van der Waals surface area contributed by atoms with Crippen LogP contribution < -0.4 is 0 Å². The van der Waals surface area contributed by atoms with Gasteiger partial charge < -0.3 is 0 Å². The lowest BCUT2D eigenvalue weighted by Gasteiger charge is -2.44. The van der Waals surface area contributed by atoms with Gasteiger partial charge >= 0.3 is 0 Å². The second-order valence-corrected chi connectivity index (χ2v) is 9.61. The summed E-state index contributed by atoms with van der Waals surface area (Å²) in [5.74, 6) is -0.531. The second kappa shape index (κ2) is 12.0. The molecule has 0 N–H and O–H groups in total. The van der Waals surface area contributed by atoms with Crippen LogP contribution in [0, 0.1) is 5.92 Å². The number of hydrogen-bond donors (Lipinski definition) is 0. The number of nitrogens with zero attached hydrogens (tertiary/aromatic N) is 4. The van der Waals surface area contributed by atoms with E-state index in [-0.39, 0.29) is 6.42 Å². The molecule has 4 rings (SSSR count). The van der Waals surface area contributed by atoms with Crippen molar-refractivity contribution in [3.8, 4) is 0 Å². The summed E-state index contributed by atoms with van der Waals surface area (Å²) >= 11 is 0. The molecule has 0 saturated carbocycles. The SMILES string of the molecule is CC1=CC(N=C=O)(N=C=O)CC(C)(N=C=O)C1C(=C(c1ccccc1)c1ccc(N=C=O)cc1)c1ccccc1. The van der Waals surface area contributed by atoms with Crippen molar-refractivity contribution >= 4 is 41.2 Å². The standard InChI is InChI=1S/C32H24N4O4/c1-23-17-32(35-21-39,36-22-40)18-31(2,34-20-38)30(23)29(25-11-7-4-8-12-25)28(24-9-5-3-6-10-24)26-13-15-27(16-14-26)33-19-37/h3-17,30H,18H2,1-2H3. The van der Waals surface area contributed by atoms with Crippen molar-refractivity contribution in [3.05, 3.63) is 113 Å². The molecule has 1 aliphatic rings. The summed E-state index contributed by atoms with van der Waals surface area (Å²) < 4.78 is 0. The van der Waals surface area contributed by atoms with Gasteiger partial charge in [-0.3, -0.25) is 0 Å². The highest BCUT2D eigenvalue weighted by Gasteiger charge is 2.50. The van der Waals surface area contributed by atoms with Gasteiger partial charge in [0.05, 0.1) is 11.2 Å². The van der Waals surface area contributed by atoms with Crippen LogP contribution in [0.25, 0.3) is 11.1 Å². The minimum absolute atomic E-state index is 0.0763. The van der Waals surface area contributed by atoms with Crippen LogP contribution in [0.5, 0.6) is 0 Å². The summed E-state index contributed by atoms with van der Waals surface area (Å²) in [4.78, 5) is 61.0. The van der Waals surface area contributed by atoms with Crippen molar-refractivity contribution in [3.63, 3.8) is 0 Å². The fourth-order valence-corrected chi connectivity index (χ4v) is 5.60. The van der Waals surface area contributed by atoms with E-state index in [9.17, 15) is 19.2 Å². The van der Waals surface area contributed by atoms with Gasteiger partial charge in [-0.05, 0) is 59.9 Å². The Morgan fingerprint density at radius 1 is 0.700 bits per heavy atom. The molecule has 3 aromatic carbocycles. The fraction of sp³-hybridized carbons (Fsp3) is 0.188. The van der Waals surface area contributed by atoms with Gasteiger partial charge in [-0.1, -0.05) is 78.4 Å². The molecular weight excluding hydrogens is 504 g/mol. The lowest BCUT2D eigenvalue weighted by atomic mass is 9.64. The third-order valence-corrected chi connectivity index (χ3v) is 6.97. The third kappa shape index (κ3) is 5.57. The van der Waals surface area contributed by atoms with Crippen molar-refractivity contribution in [1.82, 2.24) is 0 Å². The summed E-state index contributed by atoms with van der Waals surface area (Å²) in [5, 5.41) is 0. The molecule has 8 nitrogen and oxygen atoms in total. The highest BCUT2D eigenvalue weighted by Crippen LogP contribution is 2.52. The van der Waals surface area contributed by atoms with Crippen LogP contribution >= 0.6 is 0 Å². The first-order valence-electron chi connectivity index (χ1n) is 12.4. The lowest BCUT2D eigenvalue weighted by Crippen LogP contribution is -2.46. The van der Waals surface area contributed by atoms with Crippen LogP contribution in [0.2, 0.25) is 0 Å². The number of aliphatic imine (C=N–C) groups is 4. The first-order valence-corrected chi connectivity index (χ1v) is 12.4. The molecule has 0 saturated heterocycles. The Morgan fingerprint density at radius 3 is 1.75 bits per heavy atom. The maximum atomic E-state index is 11.8. The van der Waals surface area contributed by atoms with E-state index < -0.39 is 17.1 Å². The van der Waals surface area contributed by atoms with E-state index in [4.69, 9.17) is 0 Å². The van der Waals surface area contributed by atoms with Crippen LogP contribution in [0.15, 0.2) is 117 Å². The monoisotopic (exact) mass is 528 g/mol. The smallest absolute Gasteiger partial charge is 0.211 e. The Kier molecular flexibility index (Phi) is 8.32. The minimum atomic E-state index is -1.61. The van der Waals surface area contributed by atoms with E-state index in [0.717, 1.165) is 27.8 Å². The van der Waals surface area contributed by atoms with Crippen molar-refractivity contribution in [2.24, 2.45) is 25.9 Å². The first kappa shape index (κ1) is 27.7. The maximum Gasteiger partial charge on any atom is 0.240 e. The predicted molar refractivity (Wildman–Crippen MR) is 150 cm³/mol. The lowest BCUT2D eigenvalue weighted by molar-refractivity contribution is 0.282. The number of rotatable bonds is 8. The summed E-state index contributed by atoms with van der Waals surface area (Å²) in [6.45, 7) is 3.58. The molecule has 0 bridgehead atoms. The fourth-order valence-electron chi connectivity index (χ4n) is 5.60. The highest BCUT2D eigenvalue weighted by molar-refractivity contribution is 6.00. The molecule has 3 aromatic rings. The molecule has 0 spiro atoms. The van der Waals surface area contributed by atoms with Crippen molar-refractivity contribution in [2.45, 2.75) is 31.5 Å². The van der Waals surface area contributed by atoms with E-state index in [2.05, 4.69) is 20.0 Å². The molecule has 1 aliphatic carbocycles. The van der Waals surface area contributed by atoms with Crippen molar-refractivity contribution in [1.29, 1.82) is 0 Å². The zero-order valence-corrected chi connectivity index (χ0v) is 21.9. The maximum absolute atomic E-state index is 11.8. The molecule has 40 heavy (non-hydrogen) atoms. The average Bonchev–Trinajstić information content (AvgIpc) is 2.94. The van der Waals surface area contributed by atoms with Crippen molar-refractivity contribution < 1.29 is 19.2 Å². The van der Waals surface area contributed by atoms with E-state index in [1.165, 1.54) is 12.2 Å². The van der Waals surface area contributed by atoms with Gasteiger partial charge in [0.15, 0.2) is 5.66 Å². The van der Waals surface area contributed by atoms with Gasteiger partial charge in [0, 0.05) is 12.3 Å². The van der Waals surface area contributed by atoms with Gasteiger partial charge in [0.25, 0.3) is 0 Å². The first-order chi connectivity index (χ1) is 19.4. The molecular formula is C32H24N4O4. The van der Waals surface area contributed by atoms with Gasteiger partial charge in [-0.2, -0.15) is 20.0 Å². The summed E-state index contributed by atoms with van der Waals surface area (Å²) in [7, 11) is 0. The molecule has 2 unspecified atom stereocenters. The largest absolute Gasteiger partial charge is 0.240 e. The molecule has 2 atom stereocenters.